The predicted molar refractivity (Wildman–Crippen MR) is 80.8 cm³/mol. The third kappa shape index (κ3) is 2.80. The number of aromatic nitrogens is 2. The Bertz CT molecular complexity index is 828. The molecule has 3 rings (SSSR count). The summed E-state index contributed by atoms with van der Waals surface area (Å²) in [5, 5.41) is 4.13. The van der Waals surface area contributed by atoms with Gasteiger partial charge in [0.15, 0.2) is 0 Å². The van der Waals surface area contributed by atoms with Crippen LogP contribution in [0.25, 0.3) is 5.69 Å². The normalized spacial score (nSPS) is 11.2. The molecule has 3 aromatic rings. The van der Waals surface area contributed by atoms with Crippen LogP contribution in [0.15, 0.2) is 78.0 Å². The number of benzene rings is 2. The summed E-state index contributed by atoms with van der Waals surface area (Å²) in [6.07, 6.45) is 3.40. The Morgan fingerprint density at radius 2 is 1.62 bits per heavy atom. The maximum Gasteiger partial charge on any atom is 0.261 e. The van der Waals surface area contributed by atoms with Crippen molar-refractivity contribution >= 4 is 15.7 Å². The Labute approximate surface area is 122 Å². The minimum absolute atomic E-state index is 0.222. The predicted octanol–water partition coefficient (Wildman–Crippen LogP) is 2.67. The first-order valence-corrected chi connectivity index (χ1v) is 7.82. The highest BCUT2D eigenvalue weighted by Crippen LogP contribution is 2.22. The van der Waals surface area contributed by atoms with E-state index in [0.29, 0.717) is 11.4 Å². The summed E-state index contributed by atoms with van der Waals surface area (Å²) < 4.78 is 29.0. The summed E-state index contributed by atoms with van der Waals surface area (Å²) in [4.78, 5) is 0.222. The molecule has 1 heterocycles. The van der Waals surface area contributed by atoms with Gasteiger partial charge < -0.3 is 0 Å². The first-order valence-electron chi connectivity index (χ1n) is 6.34. The molecule has 0 amide bonds. The molecule has 106 valence electrons. The van der Waals surface area contributed by atoms with Crippen LogP contribution in [0.4, 0.5) is 5.69 Å². The molecule has 0 saturated heterocycles. The standard InChI is InChI=1S/C15H13N3O2S/c19-21(20,13-7-2-1-3-8-13)17-14-9-4-5-10-15(14)18-12-6-11-16-18/h1-12,17H. The van der Waals surface area contributed by atoms with Crippen LogP contribution in [-0.4, -0.2) is 18.2 Å². The van der Waals surface area contributed by atoms with Crippen molar-refractivity contribution in [2.75, 3.05) is 4.72 Å². The number of para-hydroxylation sites is 2. The molecule has 6 heteroatoms. The van der Waals surface area contributed by atoms with Crippen LogP contribution in [-0.2, 0) is 10.0 Å². The second kappa shape index (κ2) is 5.41. The molecule has 0 saturated carbocycles. The summed E-state index contributed by atoms with van der Waals surface area (Å²) in [6.45, 7) is 0. The molecule has 21 heavy (non-hydrogen) atoms. The molecule has 0 bridgehead atoms. The van der Waals surface area contributed by atoms with Gasteiger partial charge in [-0.2, -0.15) is 5.10 Å². The van der Waals surface area contributed by atoms with Gasteiger partial charge in [0, 0.05) is 12.4 Å². The van der Waals surface area contributed by atoms with Crippen LogP contribution >= 0.6 is 0 Å². The minimum Gasteiger partial charge on any atom is -0.277 e. The SMILES string of the molecule is O=S(=O)(Nc1ccccc1-n1cccn1)c1ccccc1. The summed E-state index contributed by atoms with van der Waals surface area (Å²) in [6, 6.07) is 17.2. The van der Waals surface area contributed by atoms with E-state index >= 15 is 0 Å². The van der Waals surface area contributed by atoms with Gasteiger partial charge in [-0.1, -0.05) is 30.3 Å². The van der Waals surface area contributed by atoms with Crippen LogP contribution in [0.5, 0.6) is 0 Å². The average molecular weight is 299 g/mol. The Hall–Kier alpha value is -2.60. The van der Waals surface area contributed by atoms with Gasteiger partial charge in [-0.05, 0) is 30.3 Å². The van der Waals surface area contributed by atoms with Crippen molar-refractivity contribution in [2.24, 2.45) is 0 Å². The lowest BCUT2D eigenvalue weighted by atomic mass is 10.3. The van der Waals surface area contributed by atoms with Crippen molar-refractivity contribution in [3.05, 3.63) is 73.1 Å². The first kappa shape index (κ1) is 13.4. The van der Waals surface area contributed by atoms with Gasteiger partial charge in [0.2, 0.25) is 0 Å². The molecule has 0 spiro atoms. The zero-order valence-electron chi connectivity index (χ0n) is 11.0. The molecule has 0 radical (unpaired) electrons. The van der Waals surface area contributed by atoms with E-state index in [1.165, 1.54) is 0 Å². The number of hydrogen-bond acceptors (Lipinski definition) is 3. The zero-order chi connectivity index (χ0) is 14.7. The number of nitrogens with zero attached hydrogens (tertiary/aromatic N) is 2. The number of hydrogen-bond donors (Lipinski definition) is 1. The van der Waals surface area contributed by atoms with Crippen LogP contribution in [0.2, 0.25) is 0 Å². The quantitative estimate of drug-likeness (QED) is 0.805. The molecule has 2 aromatic carbocycles. The first-order chi connectivity index (χ1) is 10.2. The van der Waals surface area contributed by atoms with Gasteiger partial charge in [0.25, 0.3) is 10.0 Å². The number of rotatable bonds is 4. The number of nitrogens with one attached hydrogen (secondary N) is 1. The summed E-state index contributed by atoms with van der Waals surface area (Å²) in [5.74, 6) is 0. The summed E-state index contributed by atoms with van der Waals surface area (Å²) in [5.41, 5.74) is 1.15. The molecule has 0 fully saturated rings. The second-order valence-electron chi connectivity index (χ2n) is 4.39. The maximum atomic E-state index is 12.4. The van der Waals surface area contributed by atoms with E-state index in [1.54, 1.807) is 71.7 Å². The molecule has 0 atom stereocenters. The van der Waals surface area contributed by atoms with E-state index in [0.717, 1.165) is 0 Å². The summed E-state index contributed by atoms with van der Waals surface area (Å²) in [7, 11) is -3.62. The van der Waals surface area contributed by atoms with E-state index in [4.69, 9.17) is 0 Å². The van der Waals surface area contributed by atoms with E-state index in [-0.39, 0.29) is 4.90 Å². The highest BCUT2D eigenvalue weighted by Gasteiger charge is 2.15. The fourth-order valence-electron chi connectivity index (χ4n) is 1.97. The van der Waals surface area contributed by atoms with Crippen molar-refractivity contribution in [1.29, 1.82) is 0 Å². The Kier molecular flexibility index (Phi) is 3.45. The van der Waals surface area contributed by atoms with Crippen molar-refractivity contribution < 1.29 is 8.42 Å². The largest absolute Gasteiger partial charge is 0.277 e. The minimum atomic E-state index is -3.62. The third-order valence-corrected chi connectivity index (χ3v) is 4.33. The molecule has 1 aromatic heterocycles. The summed E-state index contributed by atoms with van der Waals surface area (Å²) >= 11 is 0. The third-order valence-electron chi connectivity index (χ3n) is 2.95. The average Bonchev–Trinajstić information content (AvgIpc) is 3.02. The lowest BCUT2D eigenvalue weighted by Gasteiger charge is -2.12. The van der Waals surface area contributed by atoms with Crippen molar-refractivity contribution in [2.45, 2.75) is 4.90 Å². The van der Waals surface area contributed by atoms with E-state index < -0.39 is 10.0 Å². The van der Waals surface area contributed by atoms with Gasteiger partial charge in [-0.25, -0.2) is 13.1 Å². The van der Waals surface area contributed by atoms with Crippen LogP contribution in [0.1, 0.15) is 0 Å². The Balaban J connectivity index is 2.00. The van der Waals surface area contributed by atoms with Gasteiger partial charge in [0.1, 0.15) is 0 Å². The maximum absolute atomic E-state index is 12.4. The van der Waals surface area contributed by atoms with Gasteiger partial charge in [-0.15, -0.1) is 0 Å². The molecule has 0 aliphatic rings. The highest BCUT2D eigenvalue weighted by molar-refractivity contribution is 7.92. The lowest BCUT2D eigenvalue weighted by molar-refractivity contribution is 0.601. The van der Waals surface area contributed by atoms with Crippen LogP contribution in [0, 0.1) is 0 Å². The Morgan fingerprint density at radius 1 is 0.905 bits per heavy atom. The smallest absolute Gasteiger partial charge is 0.261 e. The van der Waals surface area contributed by atoms with Crippen LogP contribution in [0.3, 0.4) is 0 Å². The Morgan fingerprint density at radius 3 is 2.33 bits per heavy atom. The van der Waals surface area contributed by atoms with Gasteiger partial charge >= 0.3 is 0 Å². The molecular weight excluding hydrogens is 286 g/mol. The van der Waals surface area contributed by atoms with Crippen molar-refractivity contribution in [1.82, 2.24) is 9.78 Å². The van der Waals surface area contributed by atoms with Crippen molar-refractivity contribution in [3.8, 4) is 5.69 Å². The molecule has 0 aliphatic heterocycles. The molecule has 0 unspecified atom stereocenters. The topological polar surface area (TPSA) is 64.0 Å². The zero-order valence-corrected chi connectivity index (χ0v) is 11.9. The monoisotopic (exact) mass is 299 g/mol. The fourth-order valence-corrected chi connectivity index (χ4v) is 3.07. The number of anilines is 1. The second-order valence-corrected chi connectivity index (χ2v) is 6.07. The number of sulfonamides is 1. The highest BCUT2D eigenvalue weighted by atomic mass is 32.2. The van der Waals surface area contributed by atoms with E-state index in [2.05, 4.69) is 9.82 Å². The lowest BCUT2D eigenvalue weighted by Crippen LogP contribution is -2.14. The molecule has 0 aliphatic carbocycles. The van der Waals surface area contributed by atoms with E-state index in [9.17, 15) is 8.42 Å². The molecular formula is C15H13N3O2S. The van der Waals surface area contributed by atoms with Gasteiger partial charge in [-0.3, -0.25) is 4.72 Å². The molecule has 5 nitrogen and oxygen atoms in total. The van der Waals surface area contributed by atoms with Crippen molar-refractivity contribution in [3.63, 3.8) is 0 Å². The molecule has 1 N–H and O–H groups in total. The van der Waals surface area contributed by atoms with Gasteiger partial charge in [0.05, 0.1) is 16.3 Å². The van der Waals surface area contributed by atoms with Crippen LogP contribution < -0.4 is 4.72 Å². The fraction of sp³-hybridized carbons (Fsp3) is 0. The van der Waals surface area contributed by atoms with E-state index in [1.807, 2.05) is 6.07 Å².